The lowest BCUT2D eigenvalue weighted by atomic mass is 10.1. The molecule has 0 bridgehead atoms. The highest BCUT2D eigenvalue weighted by molar-refractivity contribution is 7.91. The Kier molecular flexibility index (Phi) is 4.41. The smallest absolute Gasteiger partial charge is 0.214 e. The van der Waals surface area contributed by atoms with Crippen molar-refractivity contribution in [1.82, 2.24) is 10.9 Å². The van der Waals surface area contributed by atoms with Crippen molar-refractivity contribution in [3.63, 3.8) is 0 Å². The van der Waals surface area contributed by atoms with Gasteiger partial charge in [0.2, 0.25) is 11.7 Å². The zero-order valence-electron chi connectivity index (χ0n) is 11.7. The molecule has 0 saturated heterocycles. The third kappa shape index (κ3) is 3.12. The molecule has 120 valence electrons. The molecular formula is C14H13Cl2N5OS. The van der Waals surface area contributed by atoms with Crippen molar-refractivity contribution in [3.8, 4) is 0 Å². The molecule has 0 spiro atoms. The lowest BCUT2D eigenvalue weighted by Crippen LogP contribution is -2.51. The molecule has 0 aromatic heterocycles. The third-order valence-electron chi connectivity index (χ3n) is 3.24. The van der Waals surface area contributed by atoms with Crippen molar-refractivity contribution in [2.24, 2.45) is 16.5 Å². The minimum atomic E-state index is -1.56. The fraction of sp³-hybridized carbons (Fsp3) is 0.0714. The second-order valence-corrected chi connectivity index (χ2v) is 7.12. The first-order chi connectivity index (χ1) is 10.9. The summed E-state index contributed by atoms with van der Waals surface area (Å²) in [6.07, 6.45) is 0. The van der Waals surface area contributed by atoms with Gasteiger partial charge in [0.25, 0.3) is 0 Å². The van der Waals surface area contributed by atoms with Gasteiger partial charge in [-0.25, -0.2) is 4.99 Å². The van der Waals surface area contributed by atoms with Gasteiger partial charge in [0, 0.05) is 16.2 Å². The maximum atomic E-state index is 13.0. The number of hydrogen-bond acceptors (Lipinski definition) is 6. The van der Waals surface area contributed by atoms with Crippen molar-refractivity contribution >= 4 is 40.3 Å². The first-order valence-corrected chi connectivity index (χ1v) is 8.45. The van der Waals surface area contributed by atoms with Gasteiger partial charge in [0.15, 0.2) is 9.79 Å². The topological polar surface area (TPSA) is 112 Å². The van der Waals surface area contributed by atoms with Gasteiger partial charge in [-0.3, -0.25) is 11.2 Å². The van der Waals surface area contributed by atoms with Crippen molar-refractivity contribution in [3.05, 3.63) is 58.1 Å². The number of nitrogens with zero attached hydrogens (tertiary/aromatic N) is 1. The average molecular weight is 370 g/mol. The van der Waals surface area contributed by atoms with Gasteiger partial charge in [0.1, 0.15) is 0 Å². The molecule has 1 aliphatic rings. The second-order valence-electron chi connectivity index (χ2n) is 4.86. The van der Waals surface area contributed by atoms with Crippen LogP contribution in [0.15, 0.2) is 57.2 Å². The Balaban J connectivity index is 2.17. The Hall–Kier alpha value is -1.48. The first-order valence-electron chi connectivity index (χ1n) is 6.54. The summed E-state index contributed by atoms with van der Waals surface area (Å²) in [6, 6.07) is 12.0. The maximum absolute atomic E-state index is 13.0. The Morgan fingerprint density at radius 2 is 1.87 bits per heavy atom. The van der Waals surface area contributed by atoms with Crippen LogP contribution in [-0.4, -0.2) is 10.5 Å². The van der Waals surface area contributed by atoms with E-state index in [1.54, 1.807) is 30.3 Å². The first kappa shape index (κ1) is 16.4. The summed E-state index contributed by atoms with van der Waals surface area (Å²) in [4.78, 5) is 5.03. The number of hydrazine groups is 1. The minimum Gasteiger partial charge on any atom is -0.606 e. The van der Waals surface area contributed by atoms with Crippen molar-refractivity contribution < 1.29 is 4.55 Å². The van der Waals surface area contributed by atoms with Gasteiger partial charge in [-0.15, -0.1) is 0 Å². The number of halogens is 2. The average Bonchev–Trinajstić information content (AvgIpc) is 2.87. The number of nitrogens with two attached hydrogens (primary N) is 2. The fourth-order valence-electron chi connectivity index (χ4n) is 2.23. The predicted molar refractivity (Wildman–Crippen MR) is 91.3 cm³/mol. The van der Waals surface area contributed by atoms with E-state index in [0.717, 1.165) is 0 Å². The molecule has 2 atom stereocenters. The summed E-state index contributed by atoms with van der Waals surface area (Å²) in [5.41, 5.74) is 17.6. The Labute approximate surface area is 146 Å². The van der Waals surface area contributed by atoms with Crippen molar-refractivity contribution in [2.75, 3.05) is 0 Å². The molecule has 2 aromatic carbocycles. The highest BCUT2D eigenvalue weighted by Gasteiger charge is 2.39. The van der Waals surface area contributed by atoms with E-state index in [1.807, 2.05) is 6.07 Å². The van der Waals surface area contributed by atoms with Gasteiger partial charge in [0.05, 0.1) is 10.6 Å². The van der Waals surface area contributed by atoms with E-state index >= 15 is 0 Å². The van der Waals surface area contributed by atoms with Crippen LogP contribution in [0.1, 0.15) is 5.56 Å². The van der Waals surface area contributed by atoms with Crippen LogP contribution in [0.5, 0.6) is 0 Å². The van der Waals surface area contributed by atoms with E-state index in [-0.39, 0.29) is 11.0 Å². The highest BCUT2D eigenvalue weighted by Crippen LogP contribution is 2.37. The molecule has 0 aliphatic carbocycles. The van der Waals surface area contributed by atoms with Gasteiger partial charge >= 0.3 is 0 Å². The summed E-state index contributed by atoms with van der Waals surface area (Å²) in [6.45, 7) is 0. The predicted octanol–water partition coefficient (Wildman–Crippen LogP) is 1.65. The summed E-state index contributed by atoms with van der Waals surface area (Å²) >= 11 is 10.8. The van der Waals surface area contributed by atoms with E-state index in [1.165, 1.54) is 6.07 Å². The molecule has 6 nitrogen and oxygen atoms in total. The van der Waals surface area contributed by atoms with Gasteiger partial charge in [-0.1, -0.05) is 41.4 Å². The zero-order valence-corrected chi connectivity index (χ0v) is 14.0. The second kappa shape index (κ2) is 6.20. The summed E-state index contributed by atoms with van der Waals surface area (Å²) in [5.74, 6) is -1.31. The van der Waals surface area contributed by atoms with E-state index in [4.69, 9.17) is 34.7 Å². The summed E-state index contributed by atoms with van der Waals surface area (Å²) in [5, 5.41) is 0.591. The molecule has 0 fully saturated rings. The van der Waals surface area contributed by atoms with Crippen LogP contribution in [0.2, 0.25) is 10.0 Å². The highest BCUT2D eigenvalue weighted by atomic mass is 35.5. The molecule has 1 aliphatic heterocycles. The maximum Gasteiger partial charge on any atom is 0.214 e. The standard InChI is InChI=1S/C14H13Cl2N5OS/c15-8-6-10(14(18)19-13(17)20-21-14)12(11(16)7-8)23(22)9-4-2-1-3-5-9/h1-7,21H,18H2,(H3,17,19,20). The van der Waals surface area contributed by atoms with Crippen LogP contribution < -0.4 is 22.3 Å². The Morgan fingerprint density at radius 3 is 2.48 bits per heavy atom. The molecule has 0 radical (unpaired) electrons. The molecule has 9 heteroatoms. The normalized spacial score (nSPS) is 21.7. The fourth-order valence-corrected chi connectivity index (χ4v) is 4.22. The minimum absolute atomic E-state index is 0.111. The molecule has 6 N–H and O–H groups in total. The lowest BCUT2D eigenvalue weighted by Gasteiger charge is -2.24. The molecule has 0 saturated carbocycles. The number of guanidine groups is 1. The molecule has 2 aromatic rings. The van der Waals surface area contributed by atoms with Crippen LogP contribution >= 0.6 is 23.2 Å². The number of rotatable bonds is 3. The van der Waals surface area contributed by atoms with Gasteiger partial charge in [-0.2, -0.15) is 5.43 Å². The van der Waals surface area contributed by atoms with Gasteiger partial charge < -0.3 is 10.3 Å². The Morgan fingerprint density at radius 1 is 1.17 bits per heavy atom. The van der Waals surface area contributed by atoms with Crippen LogP contribution in [-0.2, 0) is 17.0 Å². The molecular weight excluding hydrogens is 357 g/mol. The number of aliphatic imine (C=N–C) groups is 1. The SMILES string of the molecule is NC1=NC(N)(c2cc(Cl)cc(Cl)c2[S+]([O-])c2ccccc2)NN1. The van der Waals surface area contributed by atoms with E-state index in [9.17, 15) is 4.55 Å². The number of nitrogens with one attached hydrogen (secondary N) is 2. The molecule has 0 amide bonds. The Bertz CT molecular complexity index is 773. The molecule has 3 rings (SSSR count). The molecule has 23 heavy (non-hydrogen) atoms. The van der Waals surface area contributed by atoms with Crippen LogP contribution in [0.4, 0.5) is 0 Å². The zero-order chi connectivity index (χ0) is 16.6. The monoisotopic (exact) mass is 369 g/mol. The summed E-state index contributed by atoms with van der Waals surface area (Å²) in [7, 11) is 0. The summed E-state index contributed by atoms with van der Waals surface area (Å²) < 4.78 is 13.0. The molecule has 2 unspecified atom stereocenters. The van der Waals surface area contributed by atoms with E-state index in [0.29, 0.717) is 20.4 Å². The van der Waals surface area contributed by atoms with Crippen LogP contribution in [0, 0.1) is 0 Å². The van der Waals surface area contributed by atoms with E-state index < -0.39 is 17.0 Å². The largest absolute Gasteiger partial charge is 0.606 e. The van der Waals surface area contributed by atoms with Gasteiger partial charge in [-0.05, 0) is 24.3 Å². The quantitative estimate of drug-likeness (QED) is 0.614. The number of hydrogen-bond donors (Lipinski definition) is 4. The lowest BCUT2D eigenvalue weighted by molar-refractivity contribution is 0.368. The van der Waals surface area contributed by atoms with Crippen LogP contribution in [0.25, 0.3) is 0 Å². The third-order valence-corrected chi connectivity index (χ3v) is 5.38. The van der Waals surface area contributed by atoms with Crippen LogP contribution in [0.3, 0.4) is 0 Å². The molecule has 1 heterocycles. The van der Waals surface area contributed by atoms with E-state index in [2.05, 4.69) is 15.8 Å². The van der Waals surface area contributed by atoms with Crippen molar-refractivity contribution in [2.45, 2.75) is 15.6 Å². The van der Waals surface area contributed by atoms with Crippen molar-refractivity contribution in [1.29, 1.82) is 0 Å². The number of benzene rings is 2.